The first-order valence-corrected chi connectivity index (χ1v) is 6.67. The number of halogens is 2. The number of aliphatic hydroxyl groups is 1. The minimum atomic E-state index is -2.54. The minimum Gasteiger partial charge on any atom is -0.492 e. The molecule has 0 fully saturated rings. The number of aliphatic hydroxyl groups excluding tert-OH is 1. The van der Waals surface area contributed by atoms with Gasteiger partial charge in [0.25, 0.3) is 6.43 Å². The summed E-state index contributed by atoms with van der Waals surface area (Å²) in [5.41, 5.74) is 0. The molecule has 0 saturated carbocycles. The number of hydrogen-bond donors (Lipinski definition) is 2. The Labute approximate surface area is 122 Å². The van der Waals surface area contributed by atoms with E-state index in [9.17, 15) is 13.6 Å². The maximum Gasteiger partial charge on any atom is 0.251 e. The summed E-state index contributed by atoms with van der Waals surface area (Å²) in [7, 11) is 0. The normalized spacial score (nSPS) is 10.9. The number of hydrogen-bond acceptors (Lipinski definition) is 4. The van der Waals surface area contributed by atoms with Crippen molar-refractivity contribution in [2.45, 2.75) is 6.43 Å². The summed E-state index contributed by atoms with van der Waals surface area (Å²) in [5.74, 6) is 0.326. The van der Waals surface area contributed by atoms with Crippen molar-refractivity contribution in [3.05, 3.63) is 30.3 Å². The summed E-state index contributed by atoms with van der Waals surface area (Å²) in [5, 5.41) is 11.3. The van der Waals surface area contributed by atoms with Crippen LogP contribution in [0, 0.1) is 0 Å². The number of para-hydroxylation sites is 1. The van der Waals surface area contributed by atoms with Gasteiger partial charge in [0.1, 0.15) is 12.4 Å². The van der Waals surface area contributed by atoms with Gasteiger partial charge in [0.05, 0.1) is 26.2 Å². The van der Waals surface area contributed by atoms with E-state index in [0.717, 1.165) is 0 Å². The summed E-state index contributed by atoms with van der Waals surface area (Å²) < 4.78 is 29.9. The van der Waals surface area contributed by atoms with Crippen molar-refractivity contribution in [2.24, 2.45) is 0 Å². The second-order valence-electron chi connectivity index (χ2n) is 4.36. The van der Waals surface area contributed by atoms with Crippen LogP contribution in [0.25, 0.3) is 0 Å². The topological polar surface area (TPSA) is 61.8 Å². The monoisotopic (exact) mass is 302 g/mol. The second kappa shape index (κ2) is 10.1. The van der Waals surface area contributed by atoms with E-state index in [1.54, 1.807) is 12.1 Å². The van der Waals surface area contributed by atoms with Crippen LogP contribution in [0.3, 0.4) is 0 Å². The molecule has 0 spiro atoms. The maximum atomic E-state index is 12.3. The van der Waals surface area contributed by atoms with Crippen LogP contribution >= 0.6 is 0 Å². The predicted octanol–water partition coefficient (Wildman–Crippen LogP) is 0.741. The van der Waals surface area contributed by atoms with Crippen LogP contribution in [0.2, 0.25) is 0 Å². The van der Waals surface area contributed by atoms with Crippen molar-refractivity contribution >= 4 is 5.91 Å². The van der Waals surface area contributed by atoms with Gasteiger partial charge in [0.2, 0.25) is 5.91 Å². The number of alkyl halides is 2. The second-order valence-corrected chi connectivity index (χ2v) is 4.36. The van der Waals surface area contributed by atoms with E-state index >= 15 is 0 Å². The Bertz CT molecular complexity index is 404. The van der Waals surface area contributed by atoms with Crippen molar-refractivity contribution in [1.82, 2.24) is 10.2 Å². The van der Waals surface area contributed by atoms with Gasteiger partial charge >= 0.3 is 0 Å². The fraction of sp³-hybridized carbons (Fsp3) is 0.500. The standard InChI is InChI=1S/C14H20F2N2O3/c15-13(16)10-18(7-8-19)11-14(20)17-6-9-21-12-4-2-1-3-5-12/h1-5,13,19H,6-11H2,(H,17,20). The summed E-state index contributed by atoms with van der Waals surface area (Å²) in [6.07, 6.45) is -2.54. The van der Waals surface area contributed by atoms with E-state index in [2.05, 4.69) is 5.32 Å². The molecular formula is C14H20F2N2O3. The lowest BCUT2D eigenvalue weighted by Crippen LogP contribution is -2.41. The third-order valence-electron chi connectivity index (χ3n) is 2.62. The molecule has 0 saturated heterocycles. The Morgan fingerprint density at radius 2 is 2.05 bits per heavy atom. The van der Waals surface area contributed by atoms with Crippen molar-refractivity contribution in [2.75, 3.05) is 39.4 Å². The summed E-state index contributed by atoms with van der Waals surface area (Å²) in [6, 6.07) is 9.14. The average molecular weight is 302 g/mol. The van der Waals surface area contributed by atoms with Gasteiger partial charge in [0.15, 0.2) is 0 Å². The highest BCUT2D eigenvalue weighted by molar-refractivity contribution is 5.77. The Morgan fingerprint density at radius 3 is 2.67 bits per heavy atom. The molecule has 2 N–H and O–H groups in total. The average Bonchev–Trinajstić information content (AvgIpc) is 2.44. The molecule has 118 valence electrons. The zero-order valence-corrected chi connectivity index (χ0v) is 11.7. The Morgan fingerprint density at radius 1 is 1.33 bits per heavy atom. The number of carbonyl (C=O) groups excluding carboxylic acids is 1. The van der Waals surface area contributed by atoms with Gasteiger partial charge in [-0.3, -0.25) is 9.69 Å². The van der Waals surface area contributed by atoms with Crippen LogP contribution in [-0.4, -0.2) is 61.7 Å². The van der Waals surface area contributed by atoms with Gasteiger partial charge < -0.3 is 15.2 Å². The third kappa shape index (κ3) is 8.21. The number of benzene rings is 1. The van der Waals surface area contributed by atoms with E-state index in [1.165, 1.54) is 4.90 Å². The highest BCUT2D eigenvalue weighted by Gasteiger charge is 2.14. The molecule has 7 heteroatoms. The van der Waals surface area contributed by atoms with E-state index in [1.807, 2.05) is 18.2 Å². The van der Waals surface area contributed by atoms with Gasteiger partial charge in [-0.05, 0) is 12.1 Å². The van der Waals surface area contributed by atoms with Crippen molar-refractivity contribution in [3.8, 4) is 5.75 Å². The summed E-state index contributed by atoms with van der Waals surface area (Å²) >= 11 is 0. The number of amides is 1. The highest BCUT2D eigenvalue weighted by Crippen LogP contribution is 2.07. The molecule has 0 aliphatic heterocycles. The van der Waals surface area contributed by atoms with E-state index in [0.29, 0.717) is 12.4 Å². The SMILES string of the molecule is O=C(CN(CCO)CC(F)F)NCCOc1ccccc1. The molecular weight excluding hydrogens is 282 g/mol. The molecule has 0 bridgehead atoms. The zero-order valence-electron chi connectivity index (χ0n) is 11.7. The number of ether oxygens (including phenoxy) is 1. The Hall–Kier alpha value is -1.73. The van der Waals surface area contributed by atoms with Crippen LogP contribution in [0.15, 0.2) is 30.3 Å². The molecule has 1 amide bonds. The smallest absolute Gasteiger partial charge is 0.251 e. The molecule has 1 aromatic carbocycles. The first-order valence-electron chi connectivity index (χ1n) is 6.67. The molecule has 0 unspecified atom stereocenters. The summed E-state index contributed by atoms with van der Waals surface area (Å²) in [4.78, 5) is 12.8. The highest BCUT2D eigenvalue weighted by atomic mass is 19.3. The Kier molecular flexibility index (Phi) is 8.30. The molecule has 5 nitrogen and oxygen atoms in total. The van der Waals surface area contributed by atoms with Crippen molar-refractivity contribution in [3.63, 3.8) is 0 Å². The van der Waals surface area contributed by atoms with Gasteiger partial charge in [-0.2, -0.15) is 0 Å². The van der Waals surface area contributed by atoms with Crippen LogP contribution in [0.5, 0.6) is 5.75 Å². The fourth-order valence-corrected chi connectivity index (χ4v) is 1.71. The van der Waals surface area contributed by atoms with Crippen LogP contribution < -0.4 is 10.1 Å². The molecule has 1 aromatic rings. The van der Waals surface area contributed by atoms with E-state index < -0.39 is 13.0 Å². The number of rotatable bonds is 10. The predicted molar refractivity (Wildman–Crippen MR) is 74.5 cm³/mol. The summed E-state index contributed by atoms with van der Waals surface area (Å²) in [6.45, 7) is -0.347. The quantitative estimate of drug-likeness (QED) is 0.626. The molecule has 1 rings (SSSR count). The minimum absolute atomic E-state index is 0.0400. The van der Waals surface area contributed by atoms with Crippen molar-refractivity contribution in [1.29, 1.82) is 0 Å². The largest absolute Gasteiger partial charge is 0.492 e. The molecule has 21 heavy (non-hydrogen) atoms. The van der Waals surface area contributed by atoms with Gasteiger partial charge in [0, 0.05) is 6.54 Å². The van der Waals surface area contributed by atoms with Gasteiger partial charge in [-0.1, -0.05) is 18.2 Å². The lowest BCUT2D eigenvalue weighted by Gasteiger charge is -2.20. The van der Waals surface area contributed by atoms with Crippen LogP contribution in [-0.2, 0) is 4.79 Å². The van der Waals surface area contributed by atoms with Crippen LogP contribution in [0.1, 0.15) is 0 Å². The van der Waals surface area contributed by atoms with Gasteiger partial charge in [-0.25, -0.2) is 8.78 Å². The molecule has 0 heterocycles. The number of nitrogens with one attached hydrogen (secondary N) is 1. The zero-order chi connectivity index (χ0) is 15.5. The van der Waals surface area contributed by atoms with Gasteiger partial charge in [-0.15, -0.1) is 0 Å². The first kappa shape index (κ1) is 17.3. The van der Waals surface area contributed by atoms with E-state index in [4.69, 9.17) is 9.84 Å². The molecule has 0 atom stereocenters. The van der Waals surface area contributed by atoms with Crippen molar-refractivity contribution < 1.29 is 23.4 Å². The maximum absolute atomic E-state index is 12.3. The fourth-order valence-electron chi connectivity index (χ4n) is 1.71. The van der Waals surface area contributed by atoms with Crippen LogP contribution in [0.4, 0.5) is 8.78 Å². The lowest BCUT2D eigenvalue weighted by atomic mass is 10.3. The third-order valence-corrected chi connectivity index (χ3v) is 2.62. The molecule has 0 aliphatic rings. The van der Waals surface area contributed by atoms with E-state index in [-0.39, 0.29) is 32.1 Å². The number of carbonyl (C=O) groups is 1. The molecule has 0 aromatic heterocycles. The Balaban J connectivity index is 2.20. The lowest BCUT2D eigenvalue weighted by molar-refractivity contribution is -0.122. The molecule has 0 aliphatic carbocycles. The first-order chi connectivity index (χ1) is 10.1. The molecule has 0 radical (unpaired) electrons. The number of nitrogens with zero attached hydrogens (tertiary/aromatic N) is 1.